The number of benzene rings is 1. The monoisotopic (exact) mass is 296 g/mol. The summed E-state index contributed by atoms with van der Waals surface area (Å²) in [6.45, 7) is 4.08. The molecule has 0 spiro atoms. The van der Waals surface area contributed by atoms with Crippen molar-refractivity contribution in [2.75, 3.05) is 13.1 Å². The molecular weight excluding hydrogens is 280 g/mol. The number of hydrogen-bond donors (Lipinski definition) is 1. The Bertz CT molecular complexity index is 467. The van der Waals surface area contributed by atoms with Crippen molar-refractivity contribution in [2.24, 2.45) is 5.92 Å². The molecule has 0 atom stereocenters. The van der Waals surface area contributed by atoms with E-state index in [2.05, 4.69) is 17.1 Å². The van der Waals surface area contributed by atoms with Gasteiger partial charge in [0.15, 0.2) is 5.11 Å². The van der Waals surface area contributed by atoms with Gasteiger partial charge in [-0.25, -0.2) is 0 Å². The number of amides is 1. The fourth-order valence-corrected chi connectivity index (χ4v) is 2.46. The summed E-state index contributed by atoms with van der Waals surface area (Å²) in [6.07, 6.45) is 2.24. The Labute approximate surface area is 123 Å². The number of halogens is 1. The number of carbonyl (C=O) groups is 1. The van der Waals surface area contributed by atoms with Crippen molar-refractivity contribution in [1.29, 1.82) is 0 Å². The van der Waals surface area contributed by atoms with Crippen molar-refractivity contribution in [3.8, 4) is 0 Å². The van der Waals surface area contributed by atoms with Crippen molar-refractivity contribution in [1.82, 2.24) is 10.2 Å². The van der Waals surface area contributed by atoms with E-state index in [1.165, 1.54) is 0 Å². The van der Waals surface area contributed by atoms with E-state index >= 15 is 0 Å². The molecule has 1 N–H and O–H groups in total. The van der Waals surface area contributed by atoms with Gasteiger partial charge >= 0.3 is 0 Å². The fourth-order valence-electron chi connectivity index (χ4n) is 2.06. The van der Waals surface area contributed by atoms with Crippen LogP contribution in [0.1, 0.15) is 30.1 Å². The molecule has 0 aromatic heterocycles. The van der Waals surface area contributed by atoms with E-state index < -0.39 is 0 Å². The quantitative estimate of drug-likeness (QED) is 0.808. The molecule has 0 unspecified atom stereocenters. The maximum atomic E-state index is 12.0. The van der Waals surface area contributed by atoms with Crippen LogP contribution in [0.3, 0.4) is 0 Å². The first-order valence-corrected chi connectivity index (χ1v) is 7.20. The van der Waals surface area contributed by atoms with Crippen molar-refractivity contribution >= 4 is 34.8 Å². The molecule has 1 heterocycles. The Morgan fingerprint density at radius 3 is 2.47 bits per heavy atom. The van der Waals surface area contributed by atoms with Crippen LogP contribution in [0.5, 0.6) is 0 Å². The predicted molar refractivity (Wildman–Crippen MR) is 81.5 cm³/mol. The van der Waals surface area contributed by atoms with Crippen LogP contribution < -0.4 is 5.32 Å². The average Bonchev–Trinajstić information content (AvgIpc) is 2.40. The Kier molecular flexibility index (Phi) is 4.77. The molecule has 3 nitrogen and oxygen atoms in total. The van der Waals surface area contributed by atoms with Gasteiger partial charge in [0, 0.05) is 23.7 Å². The number of hydrogen-bond acceptors (Lipinski definition) is 2. The van der Waals surface area contributed by atoms with E-state index in [1.807, 2.05) is 0 Å². The number of carbonyl (C=O) groups excluding carboxylic acids is 1. The largest absolute Gasteiger partial charge is 0.349 e. The highest BCUT2D eigenvalue weighted by Gasteiger charge is 2.19. The lowest BCUT2D eigenvalue weighted by Crippen LogP contribution is -2.46. The molecule has 0 saturated carbocycles. The lowest BCUT2D eigenvalue weighted by Gasteiger charge is -2.32. The van der Waals surface area contributed by atoms with Gasteiger partial charge in [0.25, 0.3) is 5.91 Å². The van der Waals surface area contributed by atoms with E-state index in [0.29, 0.717) is 15.7 Å². The van der Waals surface area contributed by atoms with Gasteiger partial charge in [0.05, 0.1) is 0 Å². The first-order chi connectivity index (χ1) is 9.06. The third kappa shape index (κ3) is 3.91. The van der Waals surface area contributed by atoms with Gasteiger partial charge in [0.1, 0.15) is 0 Å². The summed E-state index contributed by atoms with van der Waals surface area (Å²) in [6, 6.07) is 6.78. The Morgan fingerprint density at radius 2 is 1.89 bits per heavy atom. The Morgan fingerprint density at radius 1 is 1.32 bits per heavy atom. The molecule has 1 aromatic rings. The summed E-state index contributed by atoms with van der Waals surface area (Å²) in [5.41, 5.74) is 0.567. The van der Waals surface area contributed by atoms with Crippen LogP contribution in [0.15, 0.2) is 24.3 Å². The molecule has 1 aromatic carbocycles. The van der Waals surface area contributed by atoms with Crippen LogP contribution >= 0.6 is 23.8 Å². The Hall–Kier alpha value is -1.13. The topological polar surface area (TPSA) is 32.3 Å². The number of likely N-dealkylation sites (tertiary alicyclic amines) is 1. The summed E-state index contributed by atoms with van der Waals surface area (Å²) in [7, 11) is 0. The highest BCUT2D eigenvalue weighted by molar-refractivity contribution is 7.80. The zero-order valence-electron chi connectivity index (χ0n) is 10.9. The zero-order valence-corrected chi connectivity index (χ0v) is 12.4. The lowest BCUT2D eigenvalue weighted by molar-refractivity contribution is 0.0972. The number of nitrogens with zero attached hydrogens (tertiary/aromatic N) is 1. The summed E-state index contributed by atoms with van der Waals surface area (Å²) < 4.78 is 0. The maximum Gasteiger partial charge on any atom is 0.257 e. The molecular formula is C14H17ClN2OS. The molecule has 5 heteroatoms. The second-order valence-electron chi connectivity index (χ2n) is 4.94. The van der Waals surface area contributed by atoms with Gasteiger partial charge in [-0.1, -0.05) is 18.5 Å². The predicted octanol–water partition coefficient (Wildman–Crippen LogP) is 3.09. The van der Waals surface area contributed by atoms with Crippen LogP contribution in [0, 0.1) is 5.92 Å². The van der Waals surface area contributed by atoms with Crippen LogP contribution in [-0.2, 0) is 0 Å². The molecule has 2 rings (SSSR count). The fraction of sp³-hybridized carbons (Fsp3) is 0.429. The highest BCUT2D eigenvalue weighted by atomic mass is 35.5. The number of thiocarbonyl (C=S) groups is 1. The molecule has 1 fully saturated rings. The van der Waals surface area contributed by atoms with Crippen molar-refractivity contribution in [3.05, 3.63) is 34.9 Å². The smallest absolute Gasteiger partial charge is 0.257 e. The molecule has 0 aliphatic carbocycles. The van der Waals surface area contributed by atoms with E-state index in [4.69, 9.17) is 23.8 Å². The van der Waals surface area contributed by atoms with Gasteiger partial charge in [-0.05, 0) is 55.2 Å². The maximum absolute atomic E-state index is 12.0. The van der Waals surface area contributed by atoms with E-state index in [9.17, 15) is 4.79 Å². The van der Waals surface area contributed by atoms with E-state index in [-0.39, 0.29) is 5.91 Å². The summed E-state index contributed by atoms with van der Waals surface area (Å²) in [4.78, 5) is 14.1. The van der Waals surface area contributed by atoms with Gasteiger partial charge in [0.2, 0.25) is 0 Å². The van der Waals surface area contributed by atoms with E-state index in [1.54, 1.807) is 24.3 Å². The van der Waals surface area contributed by atoms with Crippen LogP contribution in [0.25, 0.3) is 0 Å². The van der Waals surface area contributed by atoms with Gasteiger partial charge in [-0.15, -0.1) is 0 Å². The average molecular weight is 297 g/mol. The molecule has 0 radical (unpaired) electrons. The first-order valence-electron chi connectivity index (χ1n) is 6.42. The van der Waals surface area contributed by atoms with Crippen LogP contribution in [0.2, 0.25) is 5.02 Å². The molecule has 1 amide bonds. The normalized spacial score (nSPS) is 16.2. The number of rotatable bonds is 1. The highest BCUT2D eigenvalue weighted by Crippen LogP contribution is 2.16. The zero-order chi connectivity index (χ0) is 13.8. The van der Waals surface area contributed by atoms with Gasteiger partial charge in [-0.3, -0.25) is 10.1 Å². The van der Waals surface area contributed by atoms with Crippen molar-refractivity contribution in [3.63, 3.8) is 0 Å². The minimum absolute atomic E-state index is 0.180. The third-order valence-corrected chi connectivity index (χ3v) is 4.01. The molecule has 102 valence electrons. The van der Waals surface area contributed by atoms with Crippen LogP contribution in [-0.4, -0.2) is 29.0 Å². The molecule has 1 saturated heterocycles. The second-order valence-corrected chi connectivity index (χ2v) is 5.76. The number of nitrogens with one attached hydrogen (secondary N) is 1. The summed E-state index contributed by atoms with van der Waals surface area (Å²) >= 11 is 11.1. The standard InChI is InChI=1S/C14H17ClN2OS/c1-10-6-8-17(9-7-10)14(19)16-13(18)11-2-4-12(15)5-3-11/h2-5,10H,6-9H2,1H3,(H,16,18,19). The minimum atomic E-state index is -0.180. The lowest BCUT2D eigenvalue weighted by atomic mass is 10.00. The summed E-state index contributed by atoms with van der Waals surface area (Å²) in [5, 5.41) is 3.91. The Balaban J connectivity index is 1.91. The first kappa shape index (κ1) is 14.3. The summed E-state index contributed by atoms with van der Waals surface area (Å²) in [5.74, 6) is 0.561. The van der Waals surface area contributed by atoms with Crippen molar-refractivity contribution in [2.45, 2.75) is 19.8 Å². The molecule has 1 aliphatic heterocycles. The minimum Gasteiger partial charge on any atom is -0.349 e. The van der Waals surface area contributed by atoms with E-state index in [0.717, 1.165) is 31.8 Å². The SMILES string of the molecule is CC1CCN(C(=S)NC(=O)c2ccc(Cl)cc2)CC1. The molecule has 1 aliphatic rings. The third-order valence-electron chi connectivity index (χ3n) is 3.40. The van der Waals surface area contributed by atoms with Crippen molar-refractivity contribution < 1.29 is 4.79 Å². The van der Waals surface area contributed by atoms with Gasteiger partial charge < -0.3 is 4.90 Å². The second kappa shape index (κ2) is 6.35. The number of piperidine rings is 1. The molecule has 0 bridgehead atoms. The molecule has 19 heavy (non-hydrogen) atoms. The van der Waals surface area contributed by atoms with Gasteiger partial charge in [-0.2, -0.15) is 0 Å². The van der Waals surface area contributed by atoms with Crippen LogP contribution in [0.4, 0.5) is 0 Å².